The van der Waals surface area contributed by atoms with Crippen molar-refractivity contribution in [3.63, 3.8) is 0 Å². The Balaban J connectivity index is 5.62. The Hall–Kier alpha value is -1.35. The summed E-state index contributed by atoms with van der Waals surface area (Å²) in [4.78, 5) is -2.06. The molecule has 2 N–H and O–H groups in total. The number of aliphatic hydroxyl groups is 1. The van der Waals surface area contributed by atoms with E-state index in [9.17, 15) is 26.0 Å². The number of halogens is 4. The van der Waals surface area contributed by atoms with Gasteiger partial charge in [-0.25, -0.2) is 13.2 Å². The fourth-order valence-electron chi connectivity index (χ4n) is 0.486. The molecule has 0 aromatic carbocycles. The first kappa shape index (κ1) is 13.7. The van der Waals surface area contributed by atoms with Crippen LogP contribution in [0.4, 0.5) is 17.6 Å². The van der Waals surface area contributed by atoms with E-state index >= 15 is 0 Å². The van der Waals surface area contributed by atoms with Crippen molar-refractivity contribution in [2.24, 2.45) is 0 Å². The Morgan fingerprint density at radius 3 is 1.80 bits per heavy atom. The van der Waals surface area contributed by atoms with Crippen molar-refractivity contribution in [2.75, 3.05) is 0 Å². The average Bonchev–Trinajstić information content (AvgIpc) is 2.14. The molecule has 0 rings (SSSR count). The topological polar surface area (TPSA) is 74.6 Å². The van der Waals surface area contributed by atoms with Crippen LogP contribution in [0.15, 0.2) is 35.0 Å². The number of rotatable bonds is 3. The van der Waals surface area contributed by atoms with E-state index in [-0.39, 0.29) is 0 Å². The lowest BCUT2D eigenvalue weighted by Gasteiger charge is -2.00. The first-order valence-corrected chi connectivity index (χ1v) is 4.53. The van der Waals surface area contributed by atoms with Crippen LogP contribution in [0, 0.1) is 0 Å². The highest BCUT2D eigenvalue weighted by Crippen LogP contribution is 2.25. The van der Waals surface area contributed by atoms with E-state index in [0.717, 1.165) is 0 Å². The van der Waals surface area contributed by atoms with Crippen molar-refractivity contribution in [1.82, 2.24) is 0 Å². The maximum absolute atomic E-state index is 12.7. The Morgan fingerprint density at radius 1 is 1.07 bits per heavy atom. The molecule has 0 heterocycles. The van der Waals surface area contributed by atoms with E-state index in [1.54, 1.807) is 0 Å². The summed E-state index contributed by atoms with van der Waals surface area (Å²) >= 11 is 0. The number of hydrogen-bond donors (Lipinski definition) is 2. The van der Waals surface area contributed by atoms with Crippen molar-refractivity contribution in [3.8, 4) is 0 Å². The maximum atomic E-state index is 12.7. The van der Waals surface area contributed by atoms with Crippen LogP contribution in [0.5, 0.6) is 0 Å². The summed E-state index contributed by atoms with van der Waals surface area (Å²) in [6.45, 7) is 0. The van der Waals surface area contributed by atoms with Gasteiger partial charge in [-0.05, 0) is 0 Å². The third-order valence-electron chi connectivity index (χ3n) is 1.11. The lowest BCUT2D eigenvalue weighted by Crippen LogP contribution is -2.03. The molecule has 0 aliphatic carbocycles. The summed E-state index contributed by atoms with van der Waals surface area (Å²) in [5, 5.41) is 8.29. The molecule has 0 saturated carbocycles. The third kappa shape index (κ3) is 3.36. The van der Waals surface area contributed by atoms with Crippen molar-refractivity contribution < 1.29 is 35.6 Å². The zero-order chi connectivity index (χ0) is 12.2. The molecule has 0 amide bonds. The van der Waals surface area contributed by atoms with Gasteiger partial charge in [-0.15, -0.1) is 0 Å². The molecule has 86 valence electrons. The van der Waals surface area contributed by atoms with Crippen LogP contribution in [0.1, 0.15) is 0 Å². The Kier molecular flexibility index (Phi) is 4.49. The second kappa shape index (κ2) is 4.94. The van der Waals surface area contributed by atoms with Gasteiger partial charge < -0.3 is 5.11 Å². The summed E-state index contributed by atoms with van der Waals surface area (Å²) in [6, 6.07) is 0. The third-order valence-corrected chi connectivity index (χ3v) is 1.94. The number of allylic oxidation sites excluding steroid dienone is 2. The normalized spacial score (nSPS) is 16.3. The van der Waals surface area contributed by atoms with Gasteiger partial charge in [0, 0.05) is 0 Å². The highest BCUT2D eigenvalue weighted by molar-refractivity contribution is 7.90. The molecule has 0 radical (unpaired) electrons. The predicted molar refractivity (Wildman–Crippen MR) is 41.8 cm³/mol. The van der Waals surface area contributed by atoms with E-state index in [1.807, 2.05) is 0 Å². The SMILES string of the molecule is O=S(=O)(O)C(=C\F)/C(F)=C(F)\C(O)=C\F. The van der Waals surface area contributed by atoms with Crippen LogP contribution >= 0.6 is 0 Å². The van der Waals surface area contributed by atoms with Crippen LogP contribution in [-0.4, -0.2) is 18.1 Å². The molecular weight excluding hydrogens is 244 g/mol. The molecule has 0 aromatic rings. The van der Waals surface area contributed by atoms with Crippen molar-refractivity contribution in [1.29, 1.82) is 0 Å². The second-order valence-electron chi connectivity index (χ2n) is 2.07. The molecule has 0 atom stereocenters. The van der Waals surface area contributed by atoms with Crippen molar-refractivity contribution in [3.05, 3.63) is 35.0 Å². The fraction of sp³-hybridized carbons (Fsp3) is 0. The van der Waals surface area contributed by atoms with Crippen molar-refractivity contribution >= 4 is 10.1 Å². The first-order chi connectivity index (χ1) is 6.75. The molecule has 0 spiro atoms. The largest absolute Gasteiger partial charge is 0.503 e. The van der Waals surface area contributed by atoms with E-state index in [4.69, 9.17) is 9.66 Å². The minimum absolute atomic E-state index is 0.783. The van der Waals surface area contributed by atoms with Crippen molar-refractivity contribution in [2.45, 2.75) is 0 Å². The lowest BCUT2D eigenvalue weighted by molar-refractivity contribution is 0.365. The molecule has 0 fully saturated rings. The molecule has 4 nitrogen and oxygen atoms in total. The van der Waals surface area contributed by atoms with Crippen LogP contribution in [0.3, 0.4) is 0 Å². The molecule has 0 aromatic heterocycles. The quantitative estimate of drug-likeness (QED) is 0.347. The van der Waals surface area contributed by atoms with Gasteiger partial charge in [0.05, 0.1) is 0 Å². The molecule has 0 bridgehead atoms. The van der Waals surface area contributed by atoms with Crippen LogP contribution in [0.25, 0.3) is 0 Å². The number of aliphatic hydroxyl groups excluding tert-OH is 1. The lowest BCUT2D eigenvalue weighted by atomic mass is 10.4. The standard InChI is InChI=1S/C6H4F4O4S/c7-1-3(11)5(9)6(10)4(2-8)15(12,13)14/h1-2,11H,(H,12,13,14)/b3-1-,4-2-,6-5-. The van der Waals surface area contributed by atoms with E-state index in [2.05, 4.69) is 0 Å². The Morgan fingerprint density at radius 2 is 1.53 bits per heavy atom. The highest BCUT2D eigenvalue weighted by atomic mass is 32.2. The summed E-state index contributed by atoms with van der Waals surface area (Å²) in [5.41, 5.74) is 0. The smallest absolute Gasteiger partial charge is 0.299 e. The molecule has 9 heteroatoms. The van der Waals surface area contributed by atoms with Gasteiger partial charge >= 0.3 is 0 Å². The predicted octanol–water partition coefficient (Wildman–Crippen LogP) is 2.20. The van der Waals surface area contributed by atoms with E-state index in [0.29, 0.717) is 0 Å². The summed E-state index contributed by atoms with van der Waals surface area (Å²) < 4.78 is 77.1. The summed E-state index contributed by atoms with van der Waals surface area (Å²) in [6.07, 6.45) is -1.73. The average molecular weight is 248 g/mol. The molecule has 0 saturated heterocycles. The van der Waals surface area contributed by atoms with Crippen LogP contribution in [0.2, 0.25) is 0 Å². The van der Waals surface area contributed by atoms with Crippen LogP contribution < -0.4 is 0 Å². The summed E-state index contributed by atoms with van der Waals surface area (Å²) in [5.74, 6) is -6.69. The van der Waals surface area contributed by atoms with Gasteiger partial charge in [-0.1, -0.05) is 0 Å². The van der Waals surface area contributed by atoms with Gasteiger partial charge in [-0.2, -0.15) is 12.8 Å². The van der Waals surface area contributed by atoms with Crippen LogP contribution in [-0.2, 0) is 10.1 Å². The highest BCUT2D eigenvalue weighted by Gasteiger charge is 2.25. The van der Waals surface area contributed by atoms with Gasteiger partial charge in [-0.3, -0.25) is 4.55 Å². The molecule has 0 aliphatic heterocycles. The minimum Gasteiger partial charge on any atom is -0.503 e. The zero-order valence-corrected chi connectivity index (χ0v) is 7.60. The van der Waals surface area contributed by atoms with Gasteiger partial charge in [0.1, 0.15) is 12.7 Å². The minimum atomic E-state index is -5.35. The molecule has 0 aliphatic rings. The van der Waals surface area contributed by atoms with Gasteiger partial charge in [0.2, 0.25) is 5.83 Å². The van der Waals surface area contributed by atoms with E-state index in [1.165, 1.54) is 0 Å². The van der Waals surface area contributed by atoms with E-state index < -0.39 is 45.1 Å². The fourth-order valence-corrected chi connectivity index (χ4v) is 0.915. The zero-order valence-electron chi connectivity index (χ0n) is 6.79. The van der Waals surface area contributed by atoms with Gasteiger partial charge in [0.25, 0.3) is 10.1 Å². The number of hydrogen-bond acceptors (Lipinski definition) is 3. The molecule has 0 unspecified atom stereocenters. The Labute approximate surface area is 81.6 Å². The first-order valence-electron chi connectivity index (χ1n) is 3.09. The molecular formula is C6H4F4O4S. The Bertz CT molecular complexity index is 434. The summed E-state index contributed by atoms with van der Waals surface area (Å²) in [7, 11) is -5.35. The maximum Gasteiger partial charge on any atom is 0.299 e. The monoisotopic (exact) mass is 248 g/mol. The van der Waals surface area contributed by atoms with Gasteiger partial charge in [0.15, 0.2) is 16.5 Å². The second-order valence-corrected chi connectivity index (χ2v) is 3.46. The molecule has 15 heavy (non-hydrogen) atoms.